The molecule has 1 unspecified atom stereocenters. The lowest BCUT2D eigenvalue weighted by molar-refractivity contribution is -0.450. The first-order valence-corrected chi connectivity index (χ1v) is 6.43. The third-order valence-corrected chi connectivity index (χ3v) is 3.46. The van der Waals surface area contributed by atoms with Gasteiger partial charge in [-0.05, 0) is 13.3 Å². The molecule has 0 aliphatic rings. The lowest BCUT2D eigenvalue weighted by Gasteiger charge is -2.08. The molecule has 0 aliphatic heterocycles. The molecule has 0 saturated heterocycles. The highest BCUT2D eigenvalue weighted by Crippen LogP contribution is 2.10. The topological polar surface area (TPSA) is 92.1 Å². The van der Waals surface area contributed by atoms with Gasteiger partial charge in [0.15, 0.2) is 12.3 Å². The maximum absolute atomic E-state index is 11.2. The molecular weight excluding hydrogens is 264 g/mol. The lowest BCUT2D eigenvalue weighted by atomic mass is 10.2. The summed E-state index contributed by atoms with van der Waals surface area (Å²) in [6, 6.07) is 0. The Bertz CT molecular complexity index is 491. The Hall–Kier alpha value is -1.47. The van der Waals surface area contributed by atoms with Gasteiger partial charge in [0.05, 0.1) is 10.8 Å². The maximum atomic E-state index is 11.2. The van der Waals surface area contributed by atoms with E-state index in [0.717, 1.165) is 12.1 Å². The quantitative estimate of drug-likeness (QED) is 0.300. The second-order valence-electron chi connectivity index (χ2n) is 4.23. The predicted molar refractivity (Wildman–Crippen MR) is 76.4 cm³/mol. The molecule has 104 valence electrons. The van der Waals surface area contributed by atoms with Crippen LogP contribution in [0, 0.1) is 6.92 Å². The molecule has 1 aromatic rings. The van der Waals surface area contributed by atoms with E-state index in [2.05, 4.69) is 22.6 Å². The predicted octanol–water partition coefficient (Wildman–Crippen LogP) is 0.178. The minimum absolute atomic E-state index is 0.0218. The Labute approximate surface area is 117 Å². The second kappa shape index (κ2) is 7.20. The Morgan fingerprint density at radius 1 is 1.68 bits per heavy atom. The van der Waals surface area contributed by atoms with Crippen LogP contribution in [0.4, 0.5) is 5.82 Å². The summed E-state index contributed by atoms with van der Waals surface area (Å²) < 4.78 is 1.50. The highest BCUT2D eigenvalue weighted by atomic mass is 32.1. The van der Waals surface area contributed by atoms with Crippen LogP contribution in [0.5, 0.6) is 0 Å². The summed E-state index contributed by atoms with van der Waals surface area (Å²) in [4.78, 5) is 19.3. The normalized spacial score (nSPS) is 13.9. The van der Waals surface area contributed by atoms with Crippen LogP contribution in [0.2, 0.25) is 0 Å². The first kappa shape index (κ1) is 15.6. The number of rotatable bonds is 6. The van der Waals surface area contributed by atoms with Crippen LogP contribution in [0.25, 0.3) is 0 Å². The molecule has 0 saturated carbocycles. The van der Waals surface area contributed by atoms with Crippen molar-refractivity contribution in [3.8, 4) is 0 Å². The number of carbonyl (C=O) groups is 1. The van der Waals surface area contributed by atoms with Crippen LogP contribution in [-0.4, -0.2) is 43.6 Å². The van der Waals surface area contributed by atoms with Gasteiger partial charge in [-0.2, -0.15) is 17.2 Å². The zero-order chi connectivity index (χ0) is 14.4. The number of aryl methyl sites for hydroxylation is 1. The van der Waals surface area contributed by atoms with E-state index in [0.29, 0.717) is 30.2 Å². The van der Waals surface area contributed by atoms with Crippen molar-refractivity contribution in [3.05, 3.63) is 17.6 Å². The van der Waals surface area contributed by atoms with E-state index in [9.17, 15) is 4.79 Å². The standard InChI is InChI=1S/C12H18N4O2S/c1-8(11(19)3-4-17)16(7-18)6-10-5-14-9(2)15-12(10)13/h5,7,11,17H,3-4,6H2,1-2H3,(H2-,13,14,15,19)/p+1. The van der Waals surface area contributed by atoms with Gasteiger partial charge in [-0.25, -0.2) is 14.8 Å². The van der Waals surface area contributed by atoms with Crippen molar-refractivity contribution >= 4 is 30.6 Å². The van der Waals surface area contributed by atoms with E-state index >= 15 is 0 Å². The molecule has 7 heteroatoms. The highest BCUT2D eigenvalue weighted by molar-refractivity contribution is 7.81. The number of nitrogens with zero attached hydrogens (tertiary/aromatic N) is 3. The van der Waals surface area contributed by atoms with Crippen LogP contribution in [0.1, 0.15) is 24.7 Å². The van der Waals surface area contributed by atoms with Crippen molar-refractivity contribution in [2.45, 2.75) is 32.1 Å². The van der Waals surface area contributed by atoms with Gasteiger partial charge in [-0.1, -0.05) is 0 Å². The number of nitrogen functional groups attached to an aromatic ring is 1. The van der Waals surface area contributed by atoms with Crippen molar-refractivity contribution in [1.29, 1.82) is 0 Å². The van der Waals surface area contributed by atoms with Crippen LogP contribution in [0.3, 0.4) is 0 Å². The Morgan fingerprint density at radius 2 is 2.37 bits per heavy atom. The molecule has 1 rings (SSSR count). The molecule has 1 heterocycles. The number of hydrogen-bond acceptors (Lipinski definition) is 6. The first-order valence-electron chi connectivity index (χ1n) is 5.92. The number of anilines is 1. The van der Waals surface area contributed by atoms with Gasteiger partial charge < -0.3 is 10.8 Å². The molecule has 6 nitrogen and oxygen atoms in total. The van der Waals surface area contributed by atoms with E-state index < -0.39 is 0 Å². The molecule has 0 bridgehead atoms. The van der Waals surface area contributed by atoms with Gasteiger partial charge >= 0.3 is 6.41 Å². The van der Waals surface area contributed by atoms with Crippen molar-refractivity contribution in [1.82, 2.24) is 9.97 Å². The monoisotopic (exact) mass is 283 g/mol. The minimum Gasteiger partial charge on any atom is -0.396 e. The van der Waals surface area contributed by atoms with Gasteiger partial charge in [0.1, 0.15) is 11.6 Å². The molecular formula is C12H19N4O2S+. The summed E-state index contributed by atoms with van der Waals surface area (Å²) in [5.41, 5.74) is 7.24. The maximum Gasteiger partial charge on any atom is 0.375 e. The van der Waals surface area contributed by atoms with Gasteiger partial charge in [0, 0.05) is 19.7 Å². The number of amides is 1. The Balaban J connectivity index is 2.98. The third kappa shape index (κ3) is 4.29. The molecule has 0 fully saturated rings. The number of hydrogen-bond donors (Lipinski definition) is 3. The molecule has 0 aromatic carbocycles. The Morgan fingerprint density at radius 3 is 2.89 bits per heavy atom. The average Bonchev–Trinajstić information content (AvgIpc) is 2.37. The molecule has 0 aliphatic carbocycles. The van der Waals surface area contributed by atoms with Gasteiger partial charge in [-0.15, -0.1) is 0 Å². The average molecular weight is 283 g/mol. The molecule has 19 heavy (non-hydrogen) atoms. The summed E-state index contributed by atoms with van der Waals surface area (Å²) >= 11 is 4.35. The number of carbonyl (C=O) groups excluding carboxylic acids is 1. The van der Waals surface area contributed by atoms with Crippen molar-refractivity contribution in [2.24, 2.45) is 0 Å². The molecule has 0 radical (unpaired) electrons. The molecule has 1 amide bonds. The van der Waals surface area contributed by atoms with E-state index in [1.165, 1.54) is 4.58 Å². The van der Waals surface area contributed by atoms with E-state index in [4.69, 9.17) is 10.8 Å². The molecule has 1 aromatic heterocycles. The second-order valence-corrected chi connectivity index (χ2v) is 4.85. The Kier molecular flexibility index (Phi) is 5.91. The fourth-order valence-corrected chi connectivity index (χ4v) is 1.85. The number of thiol groups is 1. The van der Waals surface area contributed by atoms with Crippen LogP contribution >= 0.6 is 12.6 Å². The largest absolute Gasteiger partial charge is 0.396 e. The number of aromatic nitrogens is 2. The van der Waals surface area contributed by atoms with Crippen LogP contribution in [-0.2, 0) is 11.3 Å². The molecule has 1 atom stereocenters. The summed E-state index contributed by atoms with van der Waals surface area (Å²) in [6.07, 6.45) is 2.81. The smallest absolute Gasteiger partial charge is 0.375 e. The van der Waals surface area contributed by atoms with E-state index in [-0.39, 0.29) is 11.9 Å². The molecule has 3 N–H and O–H groups in total. The van der Waals surface area contributed by atoms with Crippen LogP contribution < -0.4 is 5.73 Å². The number of aliphatic hydroxyl groups excluding tert-OH is 1. The zero-order valence-electron chi connectivity index (χ0n) is 11.1. The van der Waals surface area contributed by atoms with Crippen molar-refractivity contribution < 1.29 is 14.5 Å². The van der Waals surface area contributed by atoms with Gasteiger partial charge in [-0.3, -0.25) is 0 Å². The summed E-state index contributed by atoms with van der Waals surface area (Å²) in [7, 11) is 0. The van der Waals surface area contributed by atoms with Crippen LogP contribution in [0.15, 0.2) is 6.20 Å². The summed E-state index contributed by atoms with van der Waals surface area (Å²) in [6.45, 7) is 3.87. The third-order valence-electron chi connectivity index (χ3n) is 2.82. The fourth-order valence-electron chi connectivity index (χ4n) is 1.59. The zero-order valence-corrected chi connectivity index (χ0v) is 12.0. The molecule has 0 spiro atoms. The van der Waals surface area contributed by atoms with Crippen molar-refractivity contribution in [2.75, 3.05) is 12.3 Å². The summed E-state index contributed by atoms with van der Waals surface area (Å²) in [5.74, 6) is 0.956. The highest BCUT2D eigenvalue weighted by Gasteiger charge is 2.19. The van der Waals surface area contributed by atoms with E-state index in [1.807, 2.05) is 0 Å². The van der Waals surface area contributed by atoms with E-state index in [1.54, 1.807) is 20.0 Å². The number of aliphatic hydroxyl groups is 1. The van der Waals surface area contributed by atoms with Crippen molar-refractivity contribution in [3.63, 3.8) is 0 Å². The number of nitrogens with two attached hydrogens (primary N) is 1. The van der Waals surface area contributed by atoms with Gasteiger partial charge in [0.2, 0.25) is 0 Å². The SMILES string of the molecule is CC(C(S)CCO)=[N+](C=O)Cc1cnc(C)nc1N. The fraction of sp³-hybridized carbons (Fsp3) is 0.500. The minimum atomic E-state index is -0.178. The lowest BCUT2D eigenvalue weighted by Crippen LogP contribution is -2.26. The first-order chi connectivity index (χ1) is 8.99. The van der Waals surface area contributed by atoms with Gasteiger partial charge in [0.25, 0.3) is 0 Å². The summed E-state index contributed by atoms with van der Waals surface area (Å²) in [5, 5.41) is 8.72.